The van der Waals surface area contributed by atoms with E-state index in [1.807, 2.05) is 16.8 Å². The summed E-state index contributed by atoms with van der Waals surface area (Å²) in [4.78, 5) is 3.45. The number of H-pyrrole nitrogens is 1. The van der Waals surface area contributed by atoms with Crippen LogP contribution in [0.2, 0.25) is 0 Å². The monoisotopic (exact) mass is 227 g/mol. The number of aryl methyl sites for hydroxylation is 1. The number of hydrogen-bond donors (Lipinski definition) is 1. The number of rotatable bonds is 4. The molecule has 3 nitrogen and oxygen atoms in total. The lowest BCUT2D eigenvalue weighted by atomic mass is 10.1. The third-order valence-electron chi connectivity index (χ3n) is 3.30. The summed E-state index contributed by atoms with van der Waals surface area (Å²) >= 11 is 0. The van der Waals surface area contributed by atoms with Crippen LogP contribution in [0.5, 0.6) is 0 Å². The van der Waals surface area contributed by atoms with E-state index in [0.717, 1.165) is 12.1 Å². The Morgan fingerprint density at radius 3 is 3.06 bits per heavy atom. The highest BCUT2D eigenvalue weighted by Gasteiger charge is 2.07. The van der Waals surface area contributed by atoms with Crippen LogP contribution in [0, 0.1) is 0 Å². The van der Waals surface area contributed by atoms with E-state index in [0.29, 0.717) is 0 Å². The highest BCUT2D eigenvalue weighted by Crippen LogP contribution is 2.21. The molecule has 1 aromatic carbocycles. The number of nitrogens with zero attached hydrogens (tertiary/aromatic N) is 2. The van der Waals surface area contributed by atoms with E-state index in [-0.39, 0.29) is 0 Å². The summed E-state index contributed by atoms with van der Waals surface area (Å²) in [5.74, 6) is 0. The lowest BCUT2D eigenvalue weighted by Crippen LogP contribution is -1.88. The van der Waals surface area contributed by atoms with Crippen LogP contribution < -0.4 is 0 Å². The van der Waals surface area contributed by atoms with E-state index in [2.05, 4.69) is 35.2 Å². The van der Waals surface area contributed by atoms with Crippen LogP contribution in [0.3, 0.4) is 0 Å². The first-order chi connectivity index (χ1) is 8.40. The maximum Gasteiger partial charge on any atom is 0.134 e. The summed E-state index contributed by atoms with van der Waals surface area (Å²) in [5.41, 5.74) is 4.90. The number of benzene rings is 1. The van der Waals surface area contributed by atoms with Crippen LogP contribution in [0.15, 0.2) is 30.5 Å². The molecule has 3 rings (SSSR count). The van der Waals surface area contributed by atoms with E-state index in [9.17, 15) is 0 Å². The molecule has 0 amide bonds. The molecule has 0 bridgehead atoms. The third-order valence-corrected chi connectivity index (χ3v) is 3.30. The fourth-order valence-electron chi connectivity index (χ4n) is 2.40. The average molecular weight is 227 g/mol. The number of aromatic amines is 1. The molecule has 0 aliphatic carbocycles. The van der Waals surface area contributed by atoms with Gasteiger partial charge in [-0.1, -0.05) is 31.9 Å². The largest absolute Gasteiger partial charge is 0.338 e. The predicted molar refractivity (Wildman–Crippen MR) is 70.3 cm³/mol. The van der Waals surface area contributed by atoms with Crippen molar-refractivity contribution in [2.75, 3.05) is 0 Å². The molecule has 0 saturated carbocycles. The van der Waals surface area contributed by atoms with Crippen molar-refractivity contribution >= 4 is 16.7 Å². The summed E-state index contributed by atoms with van der Waals surface area (Å²) < 4.78 is 1.97. The molecule has 0 atom stereocenters. The van der Waals surface area contributed by atoms with E-state index in [1.54, 1.807) is 0 Å². The van der Waals surface area contributed by atoms with Gasteiger partial charge >= 0.3 is 0 Å². The van der Waals surface area contributed by atoms with Gasteiger partial charge in [0.05, 0.1) is 17.2 Å². The SMILES string of the molecule is CCCCCc1cccc2c1[nH]c1ccnn12. The molecule has 3 aromatic rings. The fourth-order valence-corrected chi connectivity index (χ4v) is 2.40. The van der Waals surface area contributed by atoms with Crippen molar-refractivity contribution in [2.45, 2.75) is 32.6 Å². The molecule has 2 aromatic heterocycles. The highest BCUT2D eigenvalue weighted by molar-refractivity contribution is 5.83. The minimum absolute atomic E-state index is 1.07. The van der Waals surface area contributed by atoms with Gasteiger partial charge in [0.2, 0.25) is 0 Å². The topological polar surface area (TPSA) is 33.1 Å². The lowest BCUT2D eigenvalue weighted by Gasteiger charge is -2.02. The Bertz CT molecular complexity index is 633. The lowest BCUT2D eigenvalue weighted by molar-refractivity contribution is 0.719. The van der Waals surface area contributed by atoms with Gasteiger partial charge in [0.1, 0.15) is 5.65 Å². The van der Waals surface area contributed by atoms with Crippen LogP contribution in [-0.2, 0) is 6.42 Å². The minimum Gasteiger partial charge on any atom is -0.338 e. The molecule has 0 aliphatic heterocycles. The normalized spacial score (nSPS) is 11.6. The Labute approximate surface area is 100 Å². The zero-order valence-corrected chi connectivity index (χ0v) is 10.1. The molecule has 0 unspecified atom stereocenters. The second-order valence-corrected chi connectivity index (χ2v) is 4.52. The predicted octanol–water partition coefficient (Wildman–Crippen LogP) is 3.55. The van der Waals surface area contributed by atoms with Gasteiger partial charge in [-0.15, -0.1) is 0 Å². The molecule has 0 saturated heterocycles. The van der Waals surface area contributed by atoms with Crippen LogP contribution in [0.1, 0.15) is 31.7 Å². The first-order valence-corrected chi connectivity index (χ1v) is 6.33. The van der Waals surface area contributed by atoms with Crippen molar-refractivity contribution in [3.8, 4) is 0 Å². The molecule has 1 N–H and O–H groups in total. The van der Waals surface area contributed by atoms with Crippen molar-refractivity contribution in [1.82, 2.24) is 14.6 Å². The molecule has 0 fully saturated rings. The number of para-hydroxylation sites is 1. The Morgan fingerprint density at radius 1 is 1.24 bits per heavy atom. The number of hydrogen-bond acceptors (Lipinski definition) is 1. The molecule has 2 heterocycles. The quantitative estimate of drug-likeness (QED) is 0.679. The highest BCUT2D eigenvalue weighted by atomic mass is 15.3. The summed E-state index contributed by atoms with van der Waals surface area (Å²) in [7, 11) is 0. The summed E-state index contributed by atoms with van der Waals surface area (Å²) in [6, 6.07) is 8.47. The van der Waals surface area contributed by atoms with Gasteiger partial charge in [0.25, 0.3) is 0 Å². The Morgan fingerprint density at radius 2 is 2.18 bits per heavy atom. The Hall–Kier alpha value is -1.77. The van der Waals surface area contributed by atoms with Crippen molar-refractivity contribution in [3.05, 3.63) is 36.0 Å². The van der Waals surface area contributed by atoms with E-state index < -0.39 is 0 Å². The first-order valence-electron chi connectivity index (χ1n) is 6.33. The smallest absolute Gasteiger partial charge is 0.134 e. The van der Waals surface area contributed by atoms with Crippen molar-refractivity contribution in [2.24, 2.45) is 0 Å². The van der Waals surface area contributed by atoms with Crippen molar-refractivity contribution in [1.29, 1.82) is 0 Å². The number of unbranched alkanes of at least 4 members (excludes halogenated alkanes) is 2. The molecule has 0 radical (unpaired) electrons. The van der Waals surface area contributed by atoms with Gasteiger partial charge in [-0.3, -0.25) is 0 Å². The first kappa shape index (κ1) is 10.4. The molecule has 0 aliphatic rings. The summed E-state index contributed by atoms with van der Waals surface area (Å²) in [5, 5.41) is 4.33. The number of imidazole rings is 1. The van der Waals surface area contributed by atoms with Gasteiger partial charge in [0, 0.05) is 6.07 Å². The van der Waals surface area contributed by atoms with Gasteiger partial charge in [-0.05, 0) is 24.5 Å². The second-order valence-electron chi connectivity index (χ2n) is 4.52. The average Bonchev–Trinajstić information content (AvgIpc) is 2.90. The van der Waals surface area contributed by atoms with Crippen LogP contribution in [0.4, 0.5) is 0 Å². The van der Waals surface area contributed by atoms with Crippen LogP contribution >= 0.6 is 0 Å². The molecular formula is C14H17N3. The van der Waals surface area contributed by atoms with Crippen LogP contribution in [0.25, 0.3) is 16.7 Å². The maximum absolute atomic E-state index is 4.33. The summed E-state index contributed by atoms with van der Waals surface area (Å²) in [6.45, 7) is 2.24. The van der Waals surface area contributed by atoms with Crippen molar-refractivity contribution in [3.63, 3.8) is 0 Å². The summed E-state index contributed by atoms with van der Waals surface area (Å²) in [6.07, 6.45) is 6.80. The van der Waals surface area contributed by atoms with Crippen molar-refractivity contribution < 1.29 is 0 Å². The Kier molecular flexibility index (Phi) is 2.59. The van der Waals surface area contributed by atoms with E-state index >= 15 is 0 Å². The molecular weight excluding hydrogens is 210 g/mol. The zero-order chi connectivity index (χ0) is 11.7. The number of fused-ring (bicyclic) bond motifs is 3. The fraction of sp³-hybridized carbons (Fsp3) is 0.357. The molecule has 3 heteroatoms. The molecule has 0 spiro atoms. The maximum atomic E-state index is 4.33. The van der Waals surface area contributed by atoms with Gasteiger partial charge < -0.3 is 4.98 Å². The van der Waals surface area contributed by atoms with Gasteiger partial charge in [0.15, 0.2) is 0 Å². The second kappa shape index (κ2) is 4.24. The third kappa shape index (κ3) is 1.71. The minimum atomic E-state index is 1.07. The number of nitrogens with one attached hydrogen (secondary N) is 1. The molecule has 88 valence electrons. The van der Waals surface area contributed by atoms with Gasteiger partial charge in [-0.25, -0.2) is 4.52 Å². The number of aromatic nitrogens is 3. The van der Waals surface area contributed by atoms with Gasteiger partial charge in [-0.2, -0.15) is 5.10 Å². The standard InChI is InChI=1S/C14H17N3/c1-2-3-4-6-11-7-5-8-12-14(11)16-13-9-10-15-17(12)13/h5,7-10,16H,2-4,6H2,1H3. The zero-order valence-electron chi connectivity index (χ0n) is 10.1. The van der Waals surface area contributed by atoms with E-state index in [1.165, 1.54) is 35.9 Å². The Balaban J connectivity index is 2.05. The van der Waals surface area contributed by atoms with Crippen LogP contribution in [-0.4, -0.2) is 14.6 Å². The molecule has 17 heavy (non-hydrogen) atoms. The van der Waals surface area contributed by atoms with E-state index in [4.69, 9.17) is 0 Å².